The summed E-state index contributed by atoms with van der Waals surface area (Å²) in [6.45, 7) is 6.71. The van der Waals surface area contributed by atoms with Gasteiger partial charge in [-0.3, -0.25) is 9.78 Å². The van der Waals surface area contributed by atoms with E-state index in [9.17, 15) is 4.79 Å². The van der Waals surface area contributed by atoms with Crippen molar-refractivity contribution in [3.8, 4) is 17.2 Å². The molecule has 0 atom stereocenters. The average molecular weight is 459 g/mol. The minimum atomic E-state index is -0.193. The van der Waals surface area contributed by atoms with Gasteiger partial charge in [0.15, 0.2) is 5.75 Å². The lowest BCUT2D eigenvalue weighted by atomic mass is 10.0. The van der Waals surface area contributed by atoms with Crippen LogP contribution in [0.4, 0.5) is 5.69 Å². The molecular weight excluding hydrogens is 435 g/mol. The lowest BCUT2D eigenvalue weighted by Gasteiger charge is -2.16. The maximum atomic E-state index is 12.3. The molecule has 31 heavy (non-hydrogen) atoms. The van der Waals surface area contributed by atoms with E-state index in [-0.39, 0.29) is 18.2 Å². The Morgan fingerprint density at radius 3 is 2.48 bits per heavy atom. The van der Waals surface area contributed by atoms with Gasteiger partial charge in [0.05, 0.1) is 23.1 Å². The zero-order chi connectivity index (χ0) is 22.4. The second kappa shape index (κ2) is 10.5. The largest absolute Gasteiger partial charge is 0.494 e. The van der Waals surface area contributed by atoms with Gasteiger partial charge in [-0.05, 0) is 54.8 Å². The highest BCUT2D eigenvalue weighted by Gasteiger charge is 2.15. The second-order valence-corrected chi connectivity index (χ2v) is 8.06. The predicted molar refractivity (Wildman–Crippen MR) is 125 cm³/mol. The SMILES string of the molecule is CCOc1ccc(Oc2c(Cl)cc(NC(=O)Cc3cccnc3)cc2Cl)cc1C(C)C. The molecule has 7 heteroatoms. The number of carbonyl (C=O) groups excluding carboxylic acids is 1. The van der Waals surface area contributed by atoms with Crippen LogP contribution >= 0.6 is 23.2 Å². The third-order valence-electron chi connectivity index (χ3n) is 4.49. The first-order valence-electron chi connectivity index (χ1n) is 9.99. The summed E-state index contributed by atoms with van der Waals surface area (Å²) in [6, 6.07) is 12.5. The summed E-state index contributed by atoms with van der Waals surface area (Å²) in [5, 5.41) is 3.39. The van der Waals surface area contributed by atoms with E-state index in [1.165, 1.54) is 0 Å². The fraction of sp³-hybridized carbons (Fsp3) is 0.250. The number of carbonyl (C=O) groups is 1. The standard InChI is InChI=1S/C24H24Cl2N2O3/c1-4-30-22-8-7-18(13-19(22)15(2)3)31-24-20(25)11-17(12-21(24)26)28-23(29)10-16-6-5-9-27-14-16/h5-9,11-15H,4,10H2,1-3H3,(H,28,29). The van der Waals surface area contributed by atoms with Gasteiger partial charge in [0.2, 0.25) is 5.91 Å². The van der Waals surface area contributed by atoms with Crippen molar-refractivity contribution in [2.75, 3.05) is 11.9 Å². The maximum Gasteiger partial charge on any atom is 0.228 e. The zero-order valence-corrected chi connectivity index (χ0v) is 19.1. The average Bonchev–Trinajstić information content (AvgIpc) is 2.72. The highest BCUT2D eigenvalue weighted by atomic mass is 35.5. The minimum Gasteiger partial charge on any atom is -0.494 e. The predicted octanol–water partition coefficient (Wildman–Crippen LogP) is 6.88. The molecule has 1 N–H and O–H groups in total. The molecule has 0 saturated carbocycles. The normalized spacial score (nSPS) is 10.8. The number of anilines is 1. The highest BCUT2D eigenvalue weighted by molar-refractivity contribution is 6.37. The van der Waals surface area contributed by atoms with Gasteiger partial charge in [0.1, 0.15) is 11.5 Å². The summed E-state index contributed by atoms with van der Waals surface area (Å²) in [6.07, 6.45) is 3.51. The van der Waals surface area contributed by atoms with Gasteiger partial charge in [-0.15, -0.1) is 0 Å². The summed E-state index contributed by atoms with van der Waals surface area (Å²) < 4.78 is 11.7. The van der Waals surface area contributed by atoms with E-state index in [4.69, 9.17) is 32.7 Å². The van der Waals surface area contributed by atoms with Crippen LogP contribution in [0, 0.1) is 0 Å². The van der Waals surface area contributed by atoms with Crippen molar-refractivity contribution in [1.29, 1.82) is 0 Å². The molecule has 0 bridgehead atoms. The van der Waals surface area contributed by atoms with E-state index < -0.39 is 0 Å². The molecule has 3 aromatic rings. The van der Waals surface area contributed by atoms with Crippen LogP contribution in [0.1, 0.15) is 37.8 Å². The summed E-state index contributed by atoms with van der Waals surface area (Å²) >= 11 is 12.8. The molecule has 0 aliphatic carbocycles. The number of hydrogen-bond donors (Lipinski definition) is 1. The van der Waals surface area contributed by atoms with Crippen LogP contribution in [0.15, 0.2) is 54.9 Å². The first kappa shape index (κ1) is 22.9. The molecule has 0 aliphatic rings. The lowest BCUT2D eigenvalue weighted by Crippen LogP contribution is -2.14. The van der Waals surface area contributed by atoms with Crippen LogP contribution in [-0.4, -0.2) is 17.5 Å². The number of nitrogens with zero attached hydrogens (tertiary/aromatic N) is 1. The molecule has 3 rings (SSSR count). The topological polar surface area (TPSA) is 60.5 Å². The third kappa shape index (κ3) is 6.12. The Kier molecular flexibility index (Phi) is 7.77. The zero-order valence-electron chi connectivity index (χ0n) is 17.6. The molecule has 0 radical (unpaired) electrons. The molecule has 0 aliphatic heterocycles. The maximum absolute atomic E-state index is 12.3. The van der Waals surface area contributed by atoms with E-state index in [0.29, 0.717) is 33.8 Å². The molecule has 1 heterocycles. The number of ether oxygens (including phenoxy) is 2. The van der Waals surface area contributed by atoms with E-state index in [1.807, 2.05) is 31.2 Å². The summed E-state index contributed by atoms with van der Waals surface area (Å²) in [5.74, 6) is 1.82. The quantitative estimate of drug-likeness (QED) is 0.399. The fourth-order valence-corrected chi connectivity index (χ4v) is 3.63. The van der Waals surface area contributed by atoms with Crippen molar-refractivity contribution in [3.05, 3.63) is 76.0 Å². The Morgan fingerprint density at radius 2 is 1.87 bits per heavy atom. The molecule has 1 aromatic heterocycles. The van der Waals surface area contributed by atoms with Crippen molar-refractivity contribution in [3.63, 3.8) is 0 Å². The van der Waals surface area contributed by atoms with Gasteiger partial charge in [0.25, 0.3) is 0 Å². The van der Waals surface area contributed by atoms with Crippen molar-refractivity contribution in [1.82, 2.24) is 4.98 Å². The van der Waals surface area contributed by atoms with Crippen molar-refractivity contribution in [2.45, 2.75) is 33.1 Å². The summed E-state index contributed by atoms with van der Waals surface area (Å²) in [4.78, 5) is 16.3. The molecular formula is C24H24Cl2N2O3. The first-order chi connectivity index (χ1) is 14.9. The van der Waals surface area contributed by atoms with Gasteiger partial charge in [0, 0.05) is 23.6 Å². The molecule has 0 fully saturated rings. The Balaban J connectivity index is 1.76. The monoisotopic (exact) mass is 458 g/mol. The number of nitrogens with one attached hydrogen (secondary N) is 1. The number of rotatable bonds is 8. The van der Waals surface area contributed by atoms with Crippen LogP contribution in [0.2, 0.25) is 10.0 Å². The Hall–Kier alpha value is -2.76. The smallest absolute Gasteiger partial charge is 0.228 e. The van der Waals surface area contributed by atoms with Crippen molar-refractivity contribution >= 4 is 34.8 Å². The molecule has 162 valence electrons. The molecule has 1 amide bonds. The van der Waals surface area contributed by atoms with Gasteiger partial charge in [-0.1, -0.05) is 43.1 Å². The van der Waals surface area contributed by atoms with Crippen LogP contribution in [0.25, 0.3) is 0 Å². The third-order valence-corrected chi connectivity index (χ3v) is 5.05. The second-order valence-electron chi connectivity index (χ2n) is 7.24. The Bertz CT molecular complexity index is 1030. The van der Waals surface area contributed by atoms with E-state index >= 15 is 0 Å². The fourth-order valence-electron chi connectivity index (χ4n) is 3.07. The highest BCUT2D eigenvalue weighted by Crippen LogP contribution is 2.40. The van der Waals surface area contributed by atoms with E-state index in [0.717, 1.165) is 16.9 Å². The van der Waals surface area contributed by atoms with E-state index in [2.05, 4.69) is 24.1 Å². The van der Waals surface area contributed by atoms with Crippen molar-refractivity contribution < 1.29 is 14.3 Å². The summed E-state index contributed by atoms with van der Waals surface area (Å²) in [7, 11) is 0. The van der Waals surface area contributed by atoms with Gasteiger partial charge in [-0.25, -0.2) is 0 Å². The molecule has 0 spiro atoms. The summed E-state index contributed by atoms with van der Waals surface area (Å²) in [5.41, 5.74) is 2.34. The number of benzene rings is 2. The van der Waals surface area contributed by atoms with Crippen LogP contribution in [-0.2, 0) is 11.2 Å². The number of halogens is 2. The van der Waals surface area contributed by atoms with Crippen LogP contribution in [0.3, 0.4) is 0 Å². The minimum absolute atomic E-state index is 0.193. The van der Waals surface area contributed by atoms with Gasteiger partial charge >= 0.3 is 0 Å². The van der Waals surface area contributed by atoms with Crippen molar-refractivity contribution in [2.24, 2.45) is 0 Å². The van der Waals surface area contributed by atoms with Crippen LogP contribution in [0.5, 0.6) is 17.2 Å². The number of pyridine rings is 1. The van der Waals surface area contributed by atoms with Crippen LogP contribution < -0.4 is 14.8 Å². The molecule has 5 nitrogen and oxygen atoms in total. The molecule has 0 saturated heterocycles. The van der Waals surface area contributed by atoms with Gasteiger partial charge < -0.3 is 14.8 Å². The Morgan fingerprint density at radius 1 is 1.13 bits per heavy atom. The number of amides is 1. The number of aromatic nitrogens is 1. The van der Waals surface area contributed by atoms with Gasteiger partial charge in [-0.2, -0.15) is 0 Å². The molecule has 0 unspecified atom stereocenters. The number of hydrogen-bond acceptors (Lipinski definition) is 4. The first-order valence-corrected chi connectivity index (χ1v) is 10.7. The lowest BCUT2D eigenvalue weighted by molar-refractivity contribution is -0.115. The van der Waals surface area contributed by atoms with E-state index in [1.54, 1.807) is 30.6 Å². The molecule has 2 aromatic carbocycles. The Labute approximate surface area is 192 Å².